The summed E-state index contributed by atoms with van der Waals surface area (Å²) in [4.78, 5) is 17.8. The number of hydrogen-bond donors (Lipinski definition) is 1. The number of likely N-dealkylation sites (N-methyl/N-ethyl adjacent to an activating group) is 1. The lowest BCUT2D eigenvalue weighted by atomic mass is 10.0. The number of aromatic amines is 1. The summed E-state index contributed by atoms with van der Waals surface area (Å²) in [7, 11) is 0. The second-order valence-electron chi connectivity index (χ2n) is 6.71. The minimum atomic E-state index is -4.41. The number of carbonyl (C=O) groups is 1. The van der Waals surface area contributed by atoms with Gasteiger partial charge in [-0.05, 0) is 31.2 Å². The van der Waals surface area contributed by atoms with Gasteiger partial charge in [0, 0.05) is 29.2 Å². The number of carbonyl (C=O) groups excluding carboxylic acids is 1. The van der Waals surface area contributed by atoms with Crippen LogP contribution in [0.15, 0.2) is 54.7 Å². The van der Waals surface area contributed by atoms with Crippen LogP contribution in [0.3, 0.4) is 0 Å². The van der Waals surface area contributed by atoms with E-state index in [4.69, 9.17) is 4.74 Å². The molecular weight excluding hydrogens is 381 g/mol. The van der Waals surface area contributed by atoms with Crippen molar-refractivity contribution >= 4 is 16.9 Å². The van der Waals surface area contributed by atoms with E-state index >= 15 is 0 Å². The van der Waals surface area contributed by atoms with Crippen molar-refractivity contribution in [2.45, 2.75) is 32.6 Å². The number of ether oxygens (including phenoxy) is 1. The third kappa shape index (κ3) is 4.62. The normalized spacial score (nSPS) is 13.0. The van der Waals surface area contributed by atoms with Crippen LogP contribution in [0.5, 0.6) is 0 Å². The van der Waals surface area contributed by atoms with Gasteiger partial charge >= 0.3 is 12.1 Å². The quantitative estimate of drug-likeness (QED) is 0.543. The van der Waals surface area contributed by atoms with E-state index < -0.39 is 23.8 Å². The molecule has 0 spiro atoms. The number of para-hydroxylation sites is 1. The van der Waals surface area contributed by atoms with Gasteiger partial charge in [-0.25, -0.2) is 4.79 Å². The summed E-state index contributed by atoms with van der Waals surface area (Å²) in [6.45, 7) is 4.46. The number of hydrogen-bond acceptors (Lipinski definition) is 3. The second kappa shape index (κ2) is 8.69. The monoisotopic (exact) mass is 404 g/mol. The molecule has 4 nitrogen and oxygen atoms in total. The van der Waals surface area contributed by atoms with E-state index in [9.17, 15) is 18.0 Å². The third-order valence-corrected chi connectivity index (χ3v) is 4.84. The number of rotatable bonds is 7. The van der Waals surface area contributed by atoms with E-state index in [1.165, 1.54) is 6.07 Å². The molecule has 1 unspecified atom stereocenters. The van der Waals surface area contributed by atoms with Gasteiger partial charge in [-0.1, -0.05) is 43.3 Å². The highest BCUT2D eigenvalue weighted by Gasteiger charge is 2.32. The lowest BCUT2D eigenvalue weighted by molar-refractivity contribution is -0.150. The molecule has 0 aliphatic rings. The van der Waals surface area contributed by atoms with E-state index in [0.29, 0.717) is 12.1 Å². The fraction of sp³-hybridized carbons (Fsp3) is 0.318. The lowest BCUT2D eigenvalue weighted by Gasteiger charge is -2.29. The van der Waals surface area contributed by atoms with Crippen LogP contribution >= 0.6 is 0 Å². The molecule has 1 atom stereocenters. The van der Waals surface area contributed by atoms with Gasteiger partial charge in [-0.2, -0.15) is 13.2 Å². The van der Waals surface area contributed by atoms with Crippen molar-refractivity contribution < 1.29 is 22.7 Å². The average molecular weight is 404 g/mol. The number of alkyl halides is 3. The Morgan fingerprint density at radius 3 is 2.59 bits per heavy atom. The molecule has 0 aliphatic carbocycles. The lowest BCUT2D eigenvalue weighted by Crippen LogP contribution is -2.35. The highest BCUT2D eigenvalue weighted by atomic mass is 19.4. The minimum absolute atomic E-state index is 0.184. The Bertz CT molecular complexity index is 981. The van der Waals surface area contributed by atoms with Crippen molar-refractivity contribution in [3.05, 3.63) is 71.4 Å². The van der Waals surface area contributed by atoms with Crippen LogP contribution in [0.1, 0.15) is 36.6 Å². The number of nitrogens with zero attached hydrogens (tertiary/aromatic N) is 1. The maximum Gasteiger partial charge on any atom is 0.416 e. The Morgan fingerprint density at radius 1 is 1.14 bits per heavy atom. The molecule has 0 fully saturated rings. The standard InChI is InChI=1S/C22H23F3N2O2/c1-3-27(14-15-8-7-9-16(12-15)22(23,24)25)20(21(28)29-4-2)18-13-26-19-11-6-5-10-17(18)19/h5-13,20,26H,3-4,14H2,1-2H3. The molecule has 1 aromatic heterocycles. The Balaban J connectivity index is 1.99. The maximum absolute atomic E-state index is 13.1. The first-order chi connectivity index (χ1) is 13.8. The Labute approximate surface area is 167 Å². The highest BCUT2D eigenvalue weighted by Crippen LogP contribution is 2.32. The molecule has 0 saturated carbocycles. The van der Waals surface area contributed by atoms with Gasteiger partial charge in [-0.3, -0.25) is 4.90 Å². The molecule has 0 saturated heterocycles. The number of aromatic nitrogens is 1. The van der Waals surface area contributed by atoms with E-state index in [1.807, 2.05) is 36.1 Å². The van der Waals surface area contributed by atoms with Gasteiger partial charge in [0.15, 0.2) is 0 Å². The van der Waals surface area contributed by atoms with Gasteiger partial charge in [-0.15, -0.1) is 0 Å². The number of halogens is 3. The molecule has 1 N–H and O–H groups in total. The molecule has 0 bridgehead atoms. The Kier molecular flexibility index (Phi) is 6.27. The Hall–Kier alpha value is -2.80. The molecule has 0 aliphatic heterocycles. The summed E-state index contributed by atoms with van der Waals surface area (Å²) < 4.78 is 44.5. The summed E-state index contributed by atoms with van der Waals surface area (Å²) in [6, 6.07) is 12.0. The summed E-state index contributed by atoms with van der Waals surface area (Å²) in [5.74, 6) is -0.425. The van der Waals surface area contributed by atoms with E-state index in [2.05, 4.69) is 4.98 Å². The predicted octanol–water partition coefficient (Wildman–Crippen LogP) is 5.31. The smallest absolute Gasteiger partial charge is 0.416 e. The van der Waals surface area contributed by atoms with Gasteiger partial charge < -0.3 is 9.72 Å². The fourth-order valence-electron chi connectivity index (χ4n) is 3.48. The second-order valence-corrected chi connectivity index (χ2v) is 6.71. The van der Waals surface area contributed by atoms with Crippen molar-refractivity contribution in [3.63, 3.8) is 0 Å². The zero-order valence-electron chi connectivity index (χ0n) is 16.3. The predicted molar refractivity (Wildman–Crippen MR) is 105 cm³/mol. The number of benzene rings is 2. The first-order valence-corrected chi connectivity index (χ1v) is 9.48. The number of nitrogens with one attached hydrogen (secondary N) is 1. The highest BCUT2D eigenvalue weighted by molar-refractivity contribution is 5.89. The SMILES string of the molecule is CCOC(=O)C(c1c[nH]c2ccccc12)N(CC)Cc1cccc(C(F)(F)F)c1. The van der Waals surface area contributed by atoms with Crippen molar-refractivity contribution in [1.29, 1.82) is 0 Å². The molecule has 0 amide bonds. The molecule has 1 heterocycles. The summed E-state index contributed by atoms with van der Waals surface area (Å²) >= 11 is 0. The topological polar surface area (TPSA) is 45.3 Å². The largest absolute Gasteiger partial charge is 0.465 e. The fourth-order valence-corrected chi connectivity index (χ4v) is 3.48. The molecule has 29 heavy (non-hydrogen) atoms. The van der Waals surface area contributed by atoms with Crippen LogP contribution in [0.2, 0.25) is 0 Å². The third-order valence-electron chi connectivity index (χ3n) is 4.84. The van der Waals surface area contributed by atoms with Crippen LogP contribution in [-0.4, -0.2) is 29.0 Å². The first kappa shape index (κ1) is 20.9. The van der Waals surface area contributed by atoms with Crippen LogP contribution < -0.4 is 0 Å². The maximum atomic E-state index is 13.1. The van der Waals surface area contributed by atoms with Gasteiger partial charge in [0.2, 0.25) is 0 Å². The zero-order valence-corrected chi connectivity index (χ0v) is 16.3. The van der Waals surface area contributed by atoms with Gasteiger partial charge in [0.05, 0.1) is 12.2 Å². The average Bonchev–Trinajstić information content (AvgIpc) is 3.11. The minimum Gasteiger partial charge on any atom is -0.465 e. The molecule has 2 aromatic carbocycles. The molecule has 7 heteroatoms. The van der Waals surface area contributed by atoms with E-state index in [1.54, 1.807) is 19.2 Å². The van der Waals surface area contributed by atoms with Crippen molar-refractivity contribution in [2.75, 3.05) is 13.2 Å². The zero-order chi connectivity index (χ0) is 21.0. The van der Waals surface area contributed by atoms with Crippen molar-refractivity contribution in [3.8, 4) is 0 Å². The van der Waals surface area contributed by atoms with E-state index in [-0.39, 0.29) is 13.2 Å². The van der Waals surface area contributed by atoms with Gasteiger partial charge in [0.1, 0.15) is 6.04 Å². The van der Waals surface area contributed by atoms with Crippen LogP contribution in [0.25, 0.3) is 10.9 Å². The van der Waals surface area contributed by atoms with Crippen molar-refractivity contribution in [1.82, 2.24) is 9.88 Å². The Morgan fingerprint density at radius 2 is 1.90 bits per heavy atom. The van der Waals surface area contributed by atoms with Crippen LogP contribution in [0, 0.1) is 0 Å². The van der Waals surface area contributed by atoms with E-state index in [0.717, 1.165) is 28.6 Å². The molecule has 0 radical (unpaired) electrons. The van der Waals surface area contributed by atoms with Crippen LogP contribution in [0.4, 0.5) is 13.2 Å². The summed E-state index contributed by atoms with van der Waals surface area (Å²) in [5.41, 5.74) is 1.40. The molecule has 3 rings (SSSR count). The summed E-state index contributed by atoms with van der Waals surface area (Å²) in [5, 5.41) is 0.882. The number of fused-ring (bicyclic) bond motifs is 1. The molecule has 3 aromatic rings. The number of H-pyrrole nitrogens is 1. The molecule has 154 valence electrons. The first-order valence-electron chi connectivity index (χ1n) is 9.48. The van der Waals surface area contributed by atoms with Gasteiger partial charge in [0.25, 0.3) is 0 Å². The number of esters is 1. The molecular formula is C22H23F3N2O2. The van der Waals surface area contributed by atoms with Crippen molar-refractivity contribution in [2.24, 2.45) is 0 Å². The summed E-state index contributed by atoms with van der Waals surface area (Å²) in [6.07, 6.45) is -2.65. The van der Waals surface area contributed by atoms with Crippen LogP contribution in [-0.2, 0) is 22.3 Å².